The summed E-state index contributed by atoms with van der Waals surface area (Å²) in [5.41, 5.74) is 1.46. The minimum Gasteiger partial charge on any atom is -0.506 e. The number of carbonyl (C=O) groups is 4. The number of halogens is 1. The van der Waals surface area contributed by atoms with Gasteiger partial charge in [0.05, 0.1) is 17.1 Å². The molecule has 3 saturated heterocycles. The zero-order chi connectivity index (χ0) is 35.5. The van der Waals surface area contributed by atoms with Gasteiger partial charge in [-0.3, -0.25) is 33.6 Å². The number of nitrogens with zero attached hydrogens (tertiary/aromatic N) is 4. The van der Waals surface area contributed by atoms with Crippen LogP contribution < -0.4 is 30.3 Å². The van der Waals surface area contributed by atoms with Crippen LogP contribution in [-0.4, -0.2) is 78.6 Å². The van der Waals surface area contributed by atoms with Gasteiger partial charge in [-0.1, -0.05) is 0 Å². The highest BCUT2D eigenvalue weighted by Crippen LogP contribution is 2.39. The summed E-state index contributed by atoms with van der Waals surface area (Å²) in [6.07, 6.45) is 1.48. The van der Waals surface area contributed by atoms with Crippen molar-refractivity contribution in [3.63, 3.8) is 0 Å². The van der Waals surface area contributed by atoms with E-state index in [-0.39, 0.29) is 47.9 Å². The second-order valence-electron chi connectivity index (χ2n) is 12.4. The smallest absolute Gasteiger partial charge is 0.329 e. The largest absolute Gasteiger partial charge is 0.506 e. The van der Waals surface area contributed by atoms with Crippen molar-refractivity contribution in [2.75, 3.05) is 40.8 Å². The van der Waals surface area contributed by atoms with E-state index in [1.165, 1.54) is 27.3 Å². The summed E-state index contributed by atoms with van der Waals surface area (Å²) in [6, 6.07) is 10.2. The normalized spacial score (nSPS) is 19.6. The van der Waals surface area contributed by atoms with Crippen LogP contribution in [0.25, 0.3) is 21.8 Å². The Morgan fingerprint density at radius 2 is 1.78 bits per heavy atom. The van der Waals surface area contributed by atoms with Crippen LogP contribution in [-0.2, 0) is 41.2 Å². The highest BCUT2D eigenvalue weighted by Gasteiger charge is 2.38. The maximum absolute atomic E-state index is 15.4. The molecule has 3 aliphatic rings. The Morgan fingerprint density at radius 1 is 1.02 bits per heavy atom. The van der Waals surface area contributed by atoms with Crippen LogP contribution in [0.2, 0.25) is 0 Å². The predicted molar refractivity (Wildman–Crippen MR) is 178 cm³/mol. The molecule has 0 aliphatic carbocycles. The molecule has 3 aliphatic heterocycles. The number of hydrogen-bond donors (Lipinski definition) is 4. The van der Waals surface area contributed by atoms with Gasteiger partial charge in [0.2, 0.25) is 17.7 Å². The average Bonchev–Trinajstić information content (AvgIpc) is 3.48. The van der Waals surface area contributed by atoms with Gasteiger partial charge in [0.15, 0.2) is 5.82 Å². The summed E-state index contributed by atoms with van der Waals surface area (Å²) >= 11 is 0. The highest BCUT2D eigenvalue weighted by atomic mass is 32.2. The molecule has 4 aromatic rings. The van der Waals surface area contributed by atoms with Gasteiger partial charge in [0, 0.05) is 43.3 Å². The molecule has 0 saturated carbocycles. The molecular formula is C32H32FN7O9S. The molecule has 16 nitrogen and oxygen atoms in total. The van der Waals surface area contributed by atoms with Crippen LogP contribution in [0.1, 0.15) is 31.7 Å². The van der Waals surface area contributed by atoms with Gasteiger partial charge >= 0.3 is 15.9 Å². The molecule has 1 aromatic heterocycles. The first-order valence-corrected chi connectivity index (χ1v) is 17.2. The number of phenols is 1. The number of benzene rings is 3. The van der Waals surface area contributed by atoms with Crippen LogP contribution in [0.3, 0.4) is 0 Å². The third-order valence-electron chi connectivity index (χ3n) is 9.24. The molecule has 0 spiro atoms. The minimum absolute atomic E-state index is 0.0263. The SMILES string of the molecule is Cn1c(=O)n(C2CCC(=O)NC2=O)c2ccc(N3CCC(OCC(=O)Nc4ccc5c(F)c(N6CC(=O)NS6(=O)=O)c(O)cc5c4)CC3)cc21. The lowest BCUT2D eigenvalue weighted by Gasteiger charge is -2.33. The molecule has 4 N–H and O–H groups in total. The van der Waals surface area contributed by atoms with Gasteiger partial charge in [-0.05, 0) is 67.1 Å². The first kappa shape index (κ1) is 33.0. The molecule has 1 atom stereocenters. The molecule has 50 heavy (non-hydrogen) atoms. The van der Waals surface area contributed by atoms with E-state index < -0.39 is 57.8 Å². The number of anilines is 3. The number of aromatic hydroxyl groups is 1. The zero-order valence-electron chi connectivity index (χ0n) is 26.6. The molecule has 0 radical (unpaired) electrons. The summed E-state index contributed by atoms with van der Waals surface area (Å²) in [6.45, 7) is 0.345. The van der Waals surface area contributed by atoms with Crippen LogP contribution in [0.15, 0.2) is 47.3 Å². The van der Waals surface area contributed by atoms with Crippen molar-refractivity contribution < 1.29 is 41.8 Å². The Morgan fingerprint density at radius 3 is 2.48 bits per heavy atom. The van der Waals surface area contributed by atoms with Gasteiger partial charge in [0.1, 0.15) is 30.6 Å². The molecule has 7 rings (SSSR count). The molecule has 1 unspecified atom stereocenters. The number of amides is 4. The summed E-state index contributed by atoms with van der Waals surface area (Å²) in [4.78, 5) is 63.7. The summed E-state index contributed by atoms with van der Waals surface area (Å²) in [5, 5.41) is 15.6. The molecule has 4 heterocycles. The lowest BCUT2D eigenvalue weighted by Crippen LogP contribution is -2.44. The number of ether oxygens (including phenoxy) is 1. The summed E-state index contributed by atoms with van der Waals surface area (Å²) in [7, 11) is -2.71. The Bertz CT molecular complexity index is 2280. The van der Waals surface area contributed by atoms with E-state index in [1.54, 1.807) is 11.8 Å². The van der Waals surface area contributed by atoms with E-state index in [0.717, 1.165) is 11.8 Å². The van der Waals surface area contributed by atoms with Crippen molar-refractivity contribution in [3.8, 4) is 5.75 Å². The van der Waals surface area contributed by atoms with Crippen molar-refractivity contribution in [2.24, 2.45) is 7.05 Å². The fraction of sp³-hybridized carbons (Fsp3) is 0.344. The van der Waals surface area contributed by atoms with Crippen molar-refractivity contribution >= 4 is 72.7 Å². The van der Waals surface area contributed by atoms with Crippen molar-refractivity contribution in [1.82, 2.24) is 19.2 Å². The Hall–Kier alpha value is -5.49. The minimum atomic E-state index is -4.35. The number of carbonyl (C=O) groups excluding carboxylic acids is 4. The number of imide groups is 1. The molecule has 4 amide bonds. The number of imidazole rings is 1. The maximum atomic E-state index is 15.4. The maximum Gasteiger partial charge on any atom is 0.329 e. The van der Waals surface area contributed by atoms with Crippen LogP contribution in [0.5, 0.6) is 5.75 Å². The number of nitrogens with one attached hydrogen (secondary N) is 3. The molecule has 18 heteroatoms. The molecule has 0 bridgehead atoms. The van der Waals surface area contributed by atoms with Gasteiger partial charge in [0.25, 0.3) is 5.91 Å². The highest BCUT2D eigenvalue weighted by molar-refractivity contribution is 7.92. The second-order valence-corrected chi connectivity index (χ2v) is 14.0. The van der Waals surface area contributed by atoms with E-state index in [2.05, 4.69) is 15.5 Å². The number of aromatic nitrogens is 2. The standard InChI is InChI=1S/C32H32FN7O9S/c1-37-24-14-19(3-5-22(24)40(32(37)46)23-6-7-26(42)35-31(23)45)38-10-8-20(9-11-38)49-16-28(44)34-18-2-4-21-17(12-18)13-25(41)30(29(21)33)39-15-27(43)36-50(39,47)48/h2-5,12-14,20,23,41H,6-11,15-16H2,1H3,(H,34,44)(H,36,43)(H,35,42,45). The number of aryl methyl sites for hydroxylation is 1. The Labute approximate surface area is 283 Å². The number of fused-ring (bicyclic) bond motifs is 2. The third kappa shape index (κ3) is 5.89. The Balaban J connectivity index is 0.958. The summed E-state index contributed by atoms with van der Waals surface area (Å²) in [5.74, 6) is -3.88. The fourth-order valence-corrected chi connectivity index (χ4v) is 7.91. The first-order chi connectivity index (χ1) is 23.8. The average molecular weight is 710 g/mol. The molecule has 3 fully saturated rings. The lowest BCUT2D eigenvalue weighted by atomic mass is 10.1. The Kier molecular flexibility index (Phi) is 8.22. The van der Waals surface area contributed by atoms with Crippen molar-refractivity contribution in [1.29, 1.82) is 0 Å². The van der Waals surface area contributed by atoms with Gasteiger partial charge in [-0.25, -0.2) is 18.2 Å². The zero-order valence-corrected chi connectivity index (χ0v) is 27.5. The van der Waals surface area contributed by atoms with Crippen molar-refractivity contribution in [2.45, 2.75) is 37.8 Å². The van der Waals surface area contributed by atoms with E-state index in [4.69, 9.17) is 4.74 Å². The van der Waals surface area contributed by atoms with Gasteiger partial charge in [-0.15, -0.1) is 0 Å². The van der Waals surface area contributed by atoms with E-state index >= 15 is 4.39 Å². The third-order valence-corrected chi connectivity index (χ3v) is 10.6. The topological polar surface area (TPSA) is 201 Å². The molecular weight excluding hydrogens is 677 g/mol. The summed E-state index contributed by atoms with van der Waals surface area (Å²) < 4.78 is 50.7. The number of hydrogen-bond acceptors (Lipinski definition) is 10. The second kappa shape index (κ2) is 12.4. The van der Waals surface area contributed by atoms with Crippen molar-refractivity contribution in [3.05, 3.63) is 58.8 Å². The molecule has 262 valence electrons. The van der Waals surface area contributed by atoms with Crippen LogP contribution in [0, 0.1) is 5.82 Å². The monoisotopic (exact) mass is 709 g/mol. The first-order valence-electron chi connectivity index (χ1n) is 15.8. The fourth-order valence-electron chi connectivity index (χ4n) is 6.75. The van der Waals surface area contributed by atoms with E-state index in [1.807, 2.05) is 18.2 Å². The van der Waals surface area contributed by atoms with Crippen LogP contribution in [0.4, 0.5) is 21.5 Å². The lowest BCUT2D eigenvalue weighted by molar-refractivity contribution is -0.135. The van der Waals surface area contributed by atoms with Gasteiger partial charge in [-0.2, -0.15) is 8.42 Å². The number of rotatable bonds is 7. The van der Waals surface area contributed by atoms with Gasteiger partial charge < -0.3 is 20.1 Å². The predicted octanol–water partition coefficient (Wildman–Crippen LogP) is 1.12. The number of phenolic OH excluding ortho intramolecular Hbond substituents is 1. The molecule has 3 aromatic carbocycles. The van der Waals surface area contributed by atoms with E-state index in [9.17, 15) is 37.5 Å². The van der Waals surface area contributed by atoms with E-state index in [0.29, 0.717) is 47.0 Å². The quantitative estimate of drug-likeness (QED) is 0.202. The van der Waals surface area contributed by atoms with Crippen LogP contribution >= 0.6 is 0 Å². The number of piperidine rings is 2.